The van der Waals surface area contributed by atoms with Gasteiger partial charge in [0.2, 0.25) is 0 Å². The van der Waals surface area contributed by atoms with Crippen molar-refractivity contribution in [3.05, 3.63) is 48.5 Å². The normalized spacial score (nSPS) is 11.0. The lowest BCUT2D eigenvalue weighted by Gasteiger charge is -2.08. The minimum absolute atomic E-state index is 0.0222. The number of hydrogen-bond acceptors (Lipinski definition) is 5. The van der Waals surface area contributed by atoms with Crippen molar-refractivity contribution in [1.29, 1.82) is 0 Å². The number of pyridine rings is 1. The van der Waals surface area contributed by atoms with Gasteiger partial charge in [0.15, 0.2) is 5.65 Å². The molecule has 1 N–H and O–H groups in total. The zero-order chi connectivity index (χ0) is 14.7. The van der Waals surface area contributed by atoms with Gasteiger partial charge in [-0.3, -0.25) is 0 Å². The van der Waals surface area contributed by atoms with Gasteiger partial charge >= 0.3 is 6.61 Å². The summed E-state index contributed by atoms with van der Waals surface area (Å²) in [7, 11) is 0. The molecule has 8 heteroatoms. The first kappa shape index (κ1) is 13.2. The molecule has 21 heavy (non-hydrogen) atoms. The lowest BCUT2D eigenvalue weighted by Crippen LogP contribution is -2.07. The molecule has 0 unspecified atom stereocenters. The van der Waals surface area contributed by atoms with E-state index in [4.69, 9.17) is 0 Å². The summed E-state index contributed by atoms with van der Waals surface area (Å²) in [5, 5.41) is 7.25. The number of hydrogen-bond donors (Lipinski definition) is 1. The molecule has 0 spiro atoms. The number of halogens is 2. The fourth-order valence-corrected chi connectivity index (χ4v) is 1.86. The molecule has 3 heterocycles. The smallest absolute Gasteiger partial charge is 0.387 e. The second-order valence-corrected chi connectivity index (χ2v) is 4.15. The number of rotatable bonds is 5. The summed E-state index contributed by atoms with van der Waals surface area (Å²) >= 11 is 0. The molecule has 6 nitrogen and oxygen atoms in total. The van der Waals surface area contributed by atoms with Gasteiger partial charge in [-0.1, -0.05) is 0 Å². The van der Waals surface area contributed by atoms with Gasteiger partial charge in [0, 0.05) is 12.3 Å². The van der Waals surface area contributed by atoms with Crippen LogP contribution in [0.2, 0.25) is 0 Å². The van der Waals surface area contributed by atoms with E-state index in [-0.39, 0.29) is 5.75 Å². The number of aromatic nitrogens is 4. The highest BCUT2D eigenvalue weighted by atomic mass is 19.3. The molecule has 0 saturated heterocycles. The van der Waals surface area contributed by atoms with E-state index in [9.17, 15) is 8.78 Å². The number of fused-ring (bicyclic) bond motifs is 1. The Morgan fingerprint density at radius 3 is 2.81 bits per heavy atom. The molecular formula is C13H11F2N5O. The second kappa shape index (κ2) is 5.70. The zero-order valence-corrected chi connectivity index (χ0v) is 10.8. The fraction of sp³-hybridized carbons (Fsp3) is 0.154. The predicted octanol–water partition coefficient (Wildman–Crippen LogP) is 2.34. The Morgan fingerprint density at radius 1 is 1.14 bits per heavy atom. The van der Waals surface area contributed by atoms with Crippen molar-refractivity contribution in [3.63, 3.8) is 0 Å². The van der Waals surface area contributed by atoms with Crippen molar-refractivity contribution in [2.45, 2.75) is 13.2 Å². The van der Waals surface area contributed by atoms with Gasteiger partial charge < -0.3 is 10.1 Å². The molecule has 3 aromatic heterocycles. The van der Waals surface area contributed by atoms with E-state index >= 15 is 0 Å². The van der Waals surface area contributed by atoms with Crippen molar-refractivity contribution in [1.82, 2.24) is 19.6 Å². The van der Waals surface area contributed by atoms with Crippen LogP contribution in [0.5, 0.6) is 5.75 Å². The molecule has 0 bridgehead atoms. The van der Waals surface area contributed by atoms with Crippen molar-refractivity contribution < 1.29 is 13.5 Å². The van der Waals surface area contributed by atoms with Crippen LogP contribution in [0.1, 0.15) is 5.69 Å². The van der Waals surface area contributed by atoms with Crippen LogP contribution in [0.3, 0.4) is 0 Å². The lowest BCUT2D eigenvalue weighted by atomic mass is 10.3. The van der Waals surface area contributed by atoms with E-state index in [1.54, 1.807) is 29.0 Å². The van der Waals surface area contributed by atoms with Crippen LogP contribution in [0.15, 0.2) is 42.9 Å². The number of anilines is 1. The average molecular weight is 291 g/mol. The maximum atomic E-state index is 12.0. The third kappa shape index (κ3) is 3.04. The Hall–Kier alpha value is -2.77. The Kier molecular flexibility index (Phi) is 3.59. The van der Waals surface area contributed by atoms with Gasteiger partial charge in [0.25, 0.3) is 0 Å². The standard InChI is InChI=1S/C13H11F2N5O/c14-13(15)21-10-1-2-11(18-8-10)17-7-9-3-5-16-12-4-6-19-20(9)12/h1-6,8,13H,7H2,(H,17,18). The van der Waals surface area contributed by atoms with E-state index in [1.165, 1.54) is 12.3 Å². The van der Waals surface area contributed by atoms with E-state index in [0.717, 1.165) is 11.3 Å². The molecule has 0 atom stereocenters. The number of nitrogens with one attached hydrogen (secondary N) is 1. The van der Waals surface area contributed by atoms with Crippen LogP contribution in [0, 0.1) is 0 Å². The predicted molar refractivity (Wildman–Crippen MR) is 71.2 cm³/mol. The summed E-state index contributed by atoms with van der Waals surface area (Å²) < 4.78 is 30.0. The highest BCUT2D eigenvalue weighted by Crippen LogP contribution is 2.15. The molecule has 0 aliphatic rings. The summed E-state index contributed by atoms with van der Waals surface area (Å²) in [6.07, 6.45) is 4.60. The van der Waals surface area contributed by atoms with Crippen LogP contribution in [-0.4, -0.2) is 26.2 Å². The van der Waals surface area contributed by atoms with Crippen molar-refractivity contribution in [2.24, 2.45) is 0 Å². The average Bonchev–Trinajstić information content (AvgIpc) is 2.95. The van der Waals surface area contributed by atoms with Crippen molar-refractivity contribution >= 4 is 11.5 Å². The number of ether oxygens (including phenoxy) is 1. The zero-order valence-electron chi connectivity index (χ0n) is 10.8. The summed E-state index contributed by atoms with van der Waals surface area (Å²) in [4.78, 5) is 8.17. The first-order chi connectivity index (χ1) is 10.2. The summed E-state index contributed by atoms with van der Waals surface area (Å²) in [6, 6.07) is 6.64. The molecule has 3 rings (SSSR count). The maximum absolute atomic E-state index is 12.0. The highest BCUT2D eigenvalue weighted by Gasteiger charge is 2.05. The highest BCUT2D eigenvalue weighted by molar-refractivity contribution is 5.40. The van der Waals surface area contributed by atoms with Gasteiger partial charge in [-0.25, -0.2) is 14.5 Å². The van der Waals surface area contributed by atoms with Crippen LogP contribution >= 0.6 is 0 Å². The summed E-state index contributed by atoms with van der Waals surface area (Å²) in [5.41, 5.74) is 1.66. The monoisotopic (exact) mass is 291 g/mol. The molecule has 0 aliphatic heterocycles. The molecule has 0 amide bonds. The maximum Gasteiger partial charge on any atom is 0.387 e. The fourth-order valence-electron chi connectivity index (χ4n) is 1.86. The van der Waals surface area contributed by atoms with Gasteiger partial charge in [-0.05, 0) is 18.2 Å². The molecule has 108 valence electrons. The summed E-state index contributed by atoms with van der Waals surface area (Å²) in [6.45, 7) is -2.38. The van der Waals surface area contributed by atoms with Crippen LogP contribution < -0.4 is 10.1 Å². The quantitative estimate of drug-likeness (QED) is 0.781. The third-order valence-electron chi connectivity index (χ3n) is 2.78. The van der Waals surface area contributed by atoms with E-state index in [1.807, 2.05) is 6.07 Å². The minimum atomic E-state index is -2.85. The second-order valence-electron chi connectivity index (χ2n) is 4.15. The Balaban J connectivity index is 1.68. The minimum Gasteiger partial charge on any atom is -0.433 e. The molecule has 0 aromatic carbocycles. The SMILES string of the molecule is FC(F)Oc1ccc(NCc2ccnc3ccnn23)nc1. The molecule has 0 aliphatic carbocycles. The number of nitrogens with zero attached hydrogens (tertiary/aromatic N) is 4. The number of alkyl halides is 2. The molecule has 0 radical (unpaired) electrons. The van der Waals surface area contributed by atoms with Gasteiger partial charge in [-0.15, -0.1) is 0 Å². The van der Waals surface area contributed by atoms with Crippen LogP contribution in [0.4, 0.5) is 14.6 Å². The Bertz CT molecular complexity index is 729. The van der Waals surface area contributed by atoms with Crippen molar-refractivity contribution in [3.8, 4) is 5.75 Å². The lowest BCUT2D eigenvalue weighted by molar-refractivity contribution is -0.0500. The van der Waals surface area contributed by atoms with Gasteiger partial charge in [0.05, 0.1) is 24.6 Å². The van der Waals surface area contributed by atoms with Crippen LogP contribution in [0.25, 0.3) is 5.65 Å². The first-order valence-electron chi connectivity index (χ1n) is 6.15. The van der Waals surface area contributed by atoms with Gasteiger partial charge in [-0.2, -0.15) is 13.9 Å². The molecule has 0 saturated carbocycles. The van der Waals surface area contributed by atoms with Gasteiger partial charge in [0.1, 0.15) is 11.6 Å². The topological polar surface area (TPSA) is 64.3 Å². The molecular weight excluding hydrogens is 280 g/mol. The molecule has 3 aromatic rings. The van der Waals surface area contributed by atoms with E-state index < -0.39 is 6.61 Å². The largest absolute Gasteiger partial charge is 0.433 e. The Morgan fingerprint density at radius 2 is 2.05 bits per heavy atom. The third-order valence-corrected chi connectivity index (χ3v) is 2.78. The molecule has 0 fully saturated rings. The Labute approximate surface area is 118 Å². The van der Waals surface area contributed by atoms with E-state index in [2.05, 4.69) is 25.1 Å². The van der Waals surface area contributed by atoms with E-state index in [0.29, 0.717) is 12.4 Å². The van der Waals surface area contributed by atoms with Crippen LogP contribution in [-0.2, 0) is 6.54 Å². The van der Waals surface area contributed by atoms with Crippen molar-refractivity contribution in [2.75, 3.05) is 5.32 Å². The first-order valence-corrected chi connectivity index (χ1v) is 6.15. The summed E-state index contributed by atoms with van der Waals surface area (Å²) in [5.74, 6) is 0.572.